The maximum atomic E-state index is 11.9. The Kier molecular flexibility index (Phi) is 5.61. The highest BCUT2D eigenvalue weighted by molar-refractivity contribution is 5.87. The lowest BCUT2D eigenvalue weighted by atomic mass is 10.2. The fraction of sp³-hybridized carbons (Fsp3) is 0.667. The van der Waals surface area contributed by atoms with E-state index in [1.165, 1.54) is 12.8 Å². The van der Waals surface area contributed by atoms with Crippen LogP contribution in [0.25, 0.3) is 0 Å². The first-order valence-electron chi connectivity index (χ1n) is 7.22. The Morgan fingerprint density at radius 2 is 2.05 bits per heavy atom. The van der Waals surface area contributed by atoms with Crippen LogP contribution in [0.15, 0.2) is 24.3 Å². The summed E-state index contributed by atoms with van der Waals surface area (Å²) in [5, 5.41) is 0. The third kappa shape index (κ3) is 4.48. The van der Waals surface area contributed by atoms with Crippen LogP contribution in [0.3, 0.4) is 0 Å². The highest BCUT2D eigenvalue weighted by Crippen LogP contribution is 2.14. The van der Waals surface area contributed by atoms with Crippen LogP contribution in [0.1, 0.15) is 19.8 Å². The molecule has 4 heteroatoms. The minimum atomic E-state index is 0.120. The maximum absolute atomic E-state index is 11.9. The lowest BCUT2D eigenvalue weighted by molar-refractivity contribution is -0.127. The van der Waals surface area contributed by atoms with Gasteiger partial charge in [-0.3, -0.25) is 9.69 Å². The van der Waals surface area contributed by atoms with Gasteiger partial charge in [-0.05, 0) is 19.8 Å². The average Bonchev–Trinajstić information content (AvgIpc) is 2.93. The van der Waals surface area contributed by atoms with Crippen molar-refractivity contribution < 1.29 is 9.53 Å². The van der Waals surface area contributed by atoms with Crippen molar-refractivity contribution in [1.82, 2.24) is 9.80 Å². The molecular weight excluding hydrogens is 240 g/mol. The van der Waals surface area contributed by atoms with E-state index >= 15 is 0 Å². The van der Waals surface area contributed by atoms with Gasteiger partial charge in [-0.1, -0.05) is 18.2 Å². The normalized spacial score (nSPS) is 25.7. The third-order valence-corrected chi connectivity index (χ3v) is 3.71. The standard InChI is InChI=1S/C15H24N2O2/c1-2-3-4-7-15(18)17-10-8-16(9-11-17)13-14-6-5-12-19-14/h2-4,7,14H,5-6,8-13H2,1H3. The minimum Gasteiger partial charge on any atom is -0.377 e. The summed E-state index contributed by atoms with van der Waals surface area (Å²) in [4.78, 5) is 16.2. The zero-order valence-electron chi connectivity index (χ0n) is 11.8. The van der Waals surface area contributed by atoms with Crippen LogP contribution in [0.5, 0.6) is 0 Å². The second-order valence-electron chi connectivity index (χ2n) is 5.15. The molecule has 0 aromatic carbocycles. The van der Waals surface area contributed by atoms with Crippen LogP contribution in [0.2, 0.25) is 0 Å². The van der Waals surface area contributed by atoms with E-state index in [0.29, 0.717) is 6.10 Å². The van der Waals surface area contributed by atoms with Crippen LogP contribution in [-0.2, 0) is 9.53 Å². The van der Waals surface area contributed by atoms with E-state index in [4.69, 9.17) is 4.74 Å². The molecule has 2 saturated heterocycles. The number of hydrogen-bond donors (Lipinski definition) is 0. The smallest absolute Gasteiger partial charge is 0.246 e. The van der Waals surface area contributed by atoms with Crippen molar-refractivity contribution in [3.63, 3.8) is 0 Å². The van der Waals surface area contributed by atoms with Crippen LogP contribution in [0, 0.1) is 0 Å². The summed E-state index contributed by atoms with van der Waals surface area (Å²) >= 11 is 0. The van der Waals surface area contributed by atoms with Gasteiger partial charge in [0.05, 0.1) is 6.10 Å². The first-order valence-corrected chi connectivity index (χ1v) is 7.22. The minimum absolute atomic E-state index is 0.120. The van der Waals surface area contributed by atoms with E-state index in [1.54, 1.807) is 12.2 Å². The predicted molar refractivity (Wildman–Crippen MR) is 75.9 cm³/mol. The van der Waals surface area contributed by atoms with Gasteiger partial charge in [-0.25, -0.2) is 0 Å². The molecule has 0 saturated carbocycles. The summed E-state index contributed by atoms with van der Waals surface area (Å²) in [6.07, 6.45) is 10.0. The Balaban J connectivity index is 1.70. The number of carbonyl (C=O) groups excluding carboxylic acids is 1. The van der Waals surface area contributed by atoms with Gasteiger partial charge in [-0.15, -0.1) is 0 Å². The Bertz CT molecular complexity index is 338. The quantitative estimate of drug-likeness (QED) is 0.569. The summed E-state index contributed by atoms with van der Waals surface area (Å²) in [7, 11) is 0. The molecule has 1 atom stereocenters. The summed E-state index contributed by atoms with van der Waals surface area (Å²) in [6, 6.07) is 0. The predicted octanol–water partition coefficient (Wildman–Crippen LogP) is 1.44. The summed E-state index contributed by atoms with van der Waals surface area (Å²) in [5.41, 5.74) is 0. The highest BCUT2D eigenvalue weighted by Gasteiger charge is 2.23. The van der Waals surface area contributed by atoms with Crippen LogP contribution in [-0.4, -0.2) is 61.1 Å². The average molecular weight is 264 g/mol. The third-order valence-electron chi connectivity index (χ3n) is 3.71. The number of rotatable bonds is 4. The fourth-order valence-electron chi connectivity index (χ4n) is 2.58. The first-order chi connectivity index (χ1) is 9.29. The molecule has 4 nitrogen and oxygen atoms in total. The van der Waals surface area contributed by atoms with Gasteiger partial charge < -0.3 is 9.64 Å². The molecule has 2 aliphatic heterocycles. The lowest BCUT2D eigenvalue weighted by Crippen LogP contribution is -2.50. The number of allylic oxidation sites excluding steroid dienone is 3. The SMILES string of the molecule is CC=CC=CC(=O)N1CCN(CC2CCCO2)CC1. The Morgan fingerprint density at radius 1 is 1.26 bits per heavy atom. The molecule has 19 heavy (non-hydrogen) atoms. The Labute approximate surface area is 115 Å². The molecular formula is C15H24N2O2. The number of ether oxygens (including phenoxy) is 1. The van der Waals surface area contributed by atoms with Gasteiger partial charge in [0.2, 0.25) is 5.91 Å². The van der Waals surface area contributed by atoms with E-state index in [9.17, 15) is 4.79 Å². The summed E-state index contributed by atoms with van der Waals surface area (Å²) in [6.45, 7) is 7.46. The highest BCUT2D eigenvalue weighted by atomic mass is 16.5. The fourth-order valence-corrected chi connectivity index (χ4v) is 2.58. The second kappa shape index (κ2) is 7.46. The van der Waals surface area contributed by atoms with Gasteiger partial charge in [0.15, 0.2) is 0 Å². The number of amides is 1. The second-order valence-corrected chi connectivity index (χ2v) is 5.15. The van der Waals surface area contributed by atoms with Gasteiger partial charge in [0, 0.05) is 45.4 Å². The molecule has 0 bridgehead atoms. The number of carbonyl (C=O) groups is 1. The van der Waals surface area contributed by atoms with Crippen molar-refractivity contribution in [3.05, 3.63) is 24.3 Å². The van der Waals surface area contributed by atoms with E-state index in [-0.39, 0.29) is 5.91 Å². The van der Waals surface area contributed by atoms with Gasteiger partial charge in [-0.2, -0.15) is 0 Å². The molecule has 0 aromatic heterocycles. The topological polar surface area (TPSA) is 32.8 Å². The number of piperazine rings is 1. The molecule has 0 aromatic rings. The molecule has 1 amide bonds. The molecule has 0 radical (unpaired) electrons. The molecule has 0 spiro atoms. The van der Waals surface area contributed by atoms with Crippen molar-refractivity contribution in [2.45, 2.75) is 25.9 Å². The van der Waals surface area contributed by atoms with Crippen LogP contribution < -0.4 is 0 Å². The zero-order valence-corrected chi connectivity index (χ0v) is 11.8. The molecule has 2 heterocycles. The lowest BCUT2D eigenvalue weighted by Gasteiger charge is -2.35. The molecule has 2 fully saturated rings. The molecule has 0 aliphatic carbocycles. The van der Waals surface area contributed by atoms with Crippen molar-refractivity contribution >= 4 is 5.91 Å². The molecule has 2 aliphatic rings. The van der Waals surface area contributed by atoms with Gasteiger partial charge in [0.25, 0.3) is 0 Å². The monoisotopic (exact) mass is 264 g/mol. The van der Waals surface area contributed by atoms with E-state index in [1.807, 2.05) is 24.0 Å². The Morgan fingerprint density at radius 3 is 2.68 bits per heavy atom. The number of nitrogens with zero attached hydrogens (tertiary/aromatic N) is 2. The molecule has 1 unspecified atom stereocenters. The Hall–Kier alpha value is -1.13. The maximum Gasteiger partial charge on any atom is 0.246 e. The zero-order chi connectivity index (χ0) is 13.5. The van der Waals surface area contributed by atoms with Crippen molar-refractivity contribution in [3.8, 4) is 0 Å². The van der Waals surface area contributed by atoms with Crippen molar-refractivity contribution in [1.29, 1.82) is 0 Å². The molecule has 2 rings (SSSR count). The van der Waals surface area contributed by atoms with Crippen molar-refractivity contribution in [2.75, 3.05) is 39.3 Å². The largest absolute Gasteiger partial charge is 0.377 e. The van der Waals surface area contributed by atoms with E-state index in [0.717, 1.165) is 39.3 Å². The van der Waals surface area contributed by atoms with Crippen molar-refractivity contribution in [2.24, 2.45) is 0 Å². The summed E-state index contributed by atoms with van der Waals surface area (Å²) < 4.78 is 5.65. The summed E-state index contributed by atoms with van der Waals surface area (Å²) in [5.74, 6) is 0.120. The van der Waals surface area contributed by atoms with Gasteiger partial charge in [0.1, 0.15) is 0 Å². The van der Waals surface area contributed by atoms with Crippen LogP contribution in [0.4, 0.5) is 0 Å². The van der Waals surface area contributed by atoms with Gasteiger partial charge >= 0.3 is 0 Å². The van der Waals surface area contributed by atoms with Crippen LogP contribution >= 0.6 is 0 Å². The number of hydrogen-bond acceptors (Lipinski definition) is 3. The van der Waals surface area contributed by atoms with E-state index in [2.05, 4.69) is 4.90 Å². The molecule has 106 valence electrons. The first kappa shape index (κ1) is 14.3. The van der Waals surface area contributed by atoms with E-state index < -0.39 is 0 Å². The molecule has 0 N–H and O–H groups in total.